The standard InChI is InChI=1S/C12H16BrNO2/c13-11-4-3-9(16-11)7-14-10-5-6-15-12(10)8-1-2-8/h3-4,8,10,12,14H,1-2,5-7H2. The first-order valence-electron chi connectivity index (χ1n) is 5.92. The van der Waals surface area contributed by atoms with E-state index >= 15 is 0 Å². The Labute approximate surface area is 104 Å². The van der Waals surface area contributed by atoms with Crippen LogP contribution in [-0.2, 0) is 11.3 Å². The van der Waals surface area contributed by atoms with Crippen molar-refractivity contribution < 1.29 is 9.15 Å². The molecule has 1 aliphatic heterocycles. The summed E-state index contributed by atoms with van der Waals surface area (Å²) in [6.45, 7) is 1.70. The van der Waals surface area contributed by atoms with Gasteiger partial charge in [0.15, 0.2) is 4.67 Å². The molecule has 1 saturated carbocycles. The zero-order valence-electron chi connectivity index (χ0n) is 9.12. The summed E-state index contributed by atoms with van der Waals surface area (Å²) >= 11 is 3.31. The topological polar surface area (TPSA) is 34.4 Å². The molecule has 0 bridgehead atoms. The van der Waals surface area contributed by atoms with Gasteiger partial charge in [0, 0.05) is 12.6 Å². The number of ether oxygens (including phenoxy) is 1. The third-order valence-corrected chi connectivity index (χ3v) is 3.82. The molecule has 0 radical (unpaired) electrons. The minimum atomic E-state index is 0.443. The molecule has 3 rings (SSSR count). The third-order valence-electron chi connectivity index (χ3n) is 3.39. The van der Waals surface area contributed by atoms with Gasteiger partial charge in [-0.1, -0.05) is 0 Å². The van der Waals surface area contributed by atoms with Crippen molar-refractivity contribution in [3.05, 3.63) is 22.6 Å². The van der Waals surface area contributed by atoms with Gasteiger partial charge in [0.25, 0.3) is 0 Å². The first kappa shape index (κ1) is 10.8. The summed E-state index contributed by atoms with van der Waals surface area (Å²) in [6, 6.07) is 4.44. The Hall–Kier alpha value is -0.320. The van der Waals surface area contributed by atoms with Gasteiger partial charge in [-0.05, 0) is 53.2 Å². The maximum absolute atomic E-state index is 5.78. The first-order valence-corrected chi connectivity index (χ1v) is 6.71. The number of hydrogen-bond donors (Lipinski definition) is 1. The van der Waals surface area contributed by atoms with E-state index < -0.39 is 0 Å². The lowest BCUT2D eigenvalue weighted by Crippen LogP contribution is -2.37. The van der Waals surface area contributed by atoms with Crippen molar-refractivity contribution in [2.24, 2.45) is 5.92 Å². The lowest BCUT2D eigenvalue weighted by molar-refractivity contribution is 0.0805. The molecule has 3 nitrogen and oxygen atoms in total. The second kappa shape index (κ2) is 4.51. The summed E-state index contributed by atoms with van der Waals surface area (Å²) in [4.78, 5) is 0. The van der Waals surface area contributed by atoms with Crippen molar-refractivity contribution in [3.63, 3.8) is 0 Å². The summed E-state index contributed by atoms with van der Waals surface area (Å²) in [7, 11) is 0. The Balaban J connectivity index is 1.54. The zero-order valence-corrected chi connectivity index (χ0v) is 10.7. The number of furan rings is 1. The van der Waals surface area contributed by atoms with Crippen LogP contribution in [0.4, 0.5) is 0 Å². The number of rotatable bonds is 4. The van der Waals surface area contributed by atoms with Gasteiger partial charge in [-0.3, -0.25) is 0 Å². The molecule has 1 N–H and O–H groups in total. The average molecular weight is 286 g/mol. The van der Waals surface area contributed by atoms with Crippen molar-refractivity contribution in [1.29, 1.82) is 0 Å². The van der Waals surface area contributed by atoms with E-state index in [4.69, 9.17) is 9.15 Å². The van der Waals surface area contributed by atoms with Crippen molar-refractivity contribution in [3.8, 4) is 0 Å². The summed E-state index contributed by atoms with van der Waals surface area (Å²) in [5.74, 6) is 1.79. The fraction of sp³-hybridized carbons (Fsp3) is 0.667. The molecule has 2 unspecified atom stereocenters. The molecule has 2 fully saturated rings. The largest absolute Gasteiger partial charge is 0.453 e. The van der Waals surface area contributed by atoms with Crippen LogP contribution >= 0.6 is 15.9 Å². The van der Waals surface area contributed by atoms with E-state index in [9.17, 15) is 0 Å². The molecule has 88 valence electrons. The fourth-order valence-corrected chi connectivity index (χ4v) is 2.74. The maximum atomic E-state index is 5.78. The van der Waals surface area contributed by atoms with Gasteiger partial charge in [0.1, 0.15) is 5.76 Å². The third kappa shape index (κ3) is 2.34. The summed E-state index contributed by atoms with van der Waals surface area (Å²) in [5, 5.41) is 3.54. The van der Waals surface area contributed by atoms with Gasteiger partial charge >= 0.3 is 0 Å². The molecule has 1 aliphatic carbocycles. The normalized spacial score (nSPS) is 29.8. The molecular formula is C12H16BrNO2. The molecule has 16 heavy (non-hydrogen) atoms. The molecule has 1 aromatic heterocycles. The van der Waals surface area contributed by atoms with Gasteiger partial charge in [-0.15, -0.1) is 0 Å². The zero-order chi connectivity index (χ0) is 11.0. The molecule has 4 heteroatoms. The molecule has 0 spiro atoms. The smallest absolute Gasteiger partial charge is 0.169 e. The van der Waals surface area contributed by atoms with Crippen molar-refractivity contribution in [2.45, 2.75) is 38.0 Å². The highest BCUT2D eigenvalue weighted by Gasteiger charge is 2.40. The Morgan fingerprint density at radius 3 is 2.88 bits per heavy atom. The van der Waals surface area contributed by atoms with Crippen LogP contribution in [0.3, 0.4) is 0 Å². The van der Waals surface area contributed by atoms with E-state index in [1.165, 1.54) is 12.8 Å². The molecule has 2 heterocycles. The molecule has 1 aromatic rings. The van der Waals surface area contributed by atoms with E-state index in [1.807, 2.05) is 12.1 Å². The maximum Gasteiger partial charge on any atom is 0.169 e. The van der Waals surface area contributed by atoms with E-state index in [0.29, 0.717) is 12.1 Å². The van der Waals surface area contributed by atoms with Crippen LogP contribution < -0.4 is 5.32 Å². The van der Waals surface area contributed by atoms with Gasteiger partial charge in [0.05, 0.1) is 12.6 Å². The fourth-order valence-electron chi connectivity index (χ4n) is 2.40. The minimum Gasteiger partial charge on any atom is -0.453 e. The van der Waals surface area contributed by atoms with E-state index in [1.54, 1.807) is 0 Å². The molecule has 1 saturated heterocycles. The lowest BCUT2D eigenvalue weighted by atomic mass is 10.1. The van der Waals surface area contributed by atoms with Crippen LogP contribution in [0.1, 0.15) is 25.0 Å². The molecule has 2 atom stereocenters. The van der Waals surface area contributed by atoms with Crippen LogP contribution in [0.2, 0.25) is 0 Å². The SMILES string of the molecule is Brc1ccc(CNC2CCOC2C2CC2)o1. The van der Waals surface area contributed by atoms with Crippen LogP contribution in [0.15, 0.2) is 21.2 Å². The predicted octanol–water partition coefficient (Wildman–Crippen LogP) is 2.70. The average Bonchev–Trinajstić information content (AvgIpc) is 2.86. The van der Waals surface area contributed by atoms with E-state index in [0.717, 1.165) is 35.9 Å². The van der Waals surface area contributed by atoms with Crippen LogP contribution in [0.25, 0.3) is 0 Å². The second-order valence-electron chi connectivity index (χ2n) is 4.65. The Bertz CT molecular complexity index is 362. The number of nitrogens with one attached hydrogen (secondary N) is 1. The van der Waals surface area contributed by atoms with Gasteiger partial charge in [-0.25, -0.2) is 0 Å². The van der Waals surface area contributed by atoms with Gasteiger partial charge < -0.3 is 14.5 Å². The van der Waals surface area contributed by atoms with Crippen molar-refractivity contribution >= 4 is 15.9 Å². The van der Waals surface area contributed by atoms with Crippen LogP contribution in [-0.4, -0.2) is 18.8 Å². The van der Waals surface area contributed by atoms with Gasteiger partial charge in [-0.2, -0.15) is 0 Å². The highest BCUT2D eigenvalue weighted by Crippen LogP contribution is 2.38. The van der Waals surface area contributed by atoms with Gasteiger partial charge in [0.2, 0.25) is 0 Å². The van der Waals surface area contributed by atoms with Crippen LogP contribution in [0.5, 0.6) is 0 Å². The quantitative estimate of drug-likeness (QED) is 0.924. The minimum absolute atomic E-state index is 0.443. The molecule has 0 aromatic carbocycles. The Morgan fingerprint density at radius 1 is 1.31 bits per heavy atom. The Morgan fingerprint density at radius 2 is 2.19 bits per heavy atom. The molecular weight excluding hydrogens is 270 g/mol. The van der Waals surface area contributed by atoms with Crippen LogP contribution in [0, 0.1) is 5.92 Å². The second-order valence-corrected chi connectivity index (χ2v) is 5.44. The lowest BCUT2D eigenvalue weighted by Gasteiger charge is -2.18. The number of halogens is 1. The van der Waals surface area contributed by atoms with E-state index in [2.05, 4.69) is 21.2 Å². The van der Waals surface area contributed by atoms with Crippen molar-refractivity contribution in [2.75, 3.05) is 6.61 Å². The summed E-state index contributed by atoms with van der Waals surface area (Å²) < 4.78 is 12.0. The molecule has 0 amide bonds. The highest BCUT2D eigenvalue weighted by molar-refractivity contribution is 9.10. The highest BCUT2D eigenvalue weighted by atomic mass is 79.9. The van der Waals surface area contributed by atoms with Crippen molar-refractivity contribution in [1.82, 2.24) is 5.32 Å². The summed E-state index contributed by atoms with van der Waals surface area (Å²) in [6.07, 6.45) is 4.26. The molecule has 2 aliphatic rings. The summed E-state index contributed by atoms with van der Waals surface area (Å²) in [5.41, 5.74) is 0. The van der Waals surface area contributed by atoms with E-state index in [-0.39, 0.29) is 0 Å². The monoisotopic (exact) mass is 285 g/mol. The first-order chi connectivity index (χ1) is 7.83. The number of hydrogen-bond acceptors (Lipinski definition) is 3. The predicted molar refractivity (Wildman–Crippen MR) is 64.1 cm³/mol. The Kier molecular flexibility index (Phi) is 3.05.